The van der Waals surface area contributed by atoms with Crippen molar-refractivity contribution in [3.8, 4) is 0 Å². The number of piperidine rings is 1. The van der Waals surface area contributed by atoms with E-state index in [1.807, 2.05) is 11.9 Å². The molecule has 2 aliphatic heterocycles. The first-order valence-corrected chi connectivity index (χ1v) is 11.4. The lowest BCUT2D eigenvalue weighted by molar-refractivity contribution is -0.134. The van der Waals surface area contributed by atoms with Crippen molar-refractivity contribution in [3.63, 3.8) is 0 Å². The fraction of sp³-hybridized carbons (Fsp3) is 0.542. The van der Waals surface area contributed by atoms with E-state index in [1.165, 1.54) is 12.1 Å². The fourth-order valence-corrected chi connectivity index (χ4v) is 4.54. The van der Waals surface area contributed by atoms with Gasteiger partial charge in [0, 0.05) is 39.5 Å². The molecule has 1 aromatic carbocycles. The van der Waals surface area contributed by atoms with Crippen LogP contribution in [-0.2, 0) is 29.5 Å². The molecule has 2 fully saturated rings. The van der Waals surface area contributed by atoms with Crippen molar-refractivity contribution < 1.29 is 18.7 Å². The number of ether oxygens (including phenoxy) is 1. The van der Waals surface area contributed by atoms with Gasteiger partial charge in [0.15, 0.2) is 0 Å². The molecule has 7 nitrogen and oxygen atoms in total. The maximum Gasteiger partial charge on any atom is 0.255 e. The minimum atomic E-state index is -0.297. The summed E-state index contributed by atoms with van der Waals surface area (Å²) in [5, 5.41) is 7.43. The van der Waals surface area contributed by atoms with E-state index < -0.39 is 0 Å². The highest BCUT2D eigenvalue weighted by atomic mass is 19.1. The van der Waals surface area contributed by atoms with Gasteiger partial charge in [0.2, 0.25) is 5.91 Å². The second-order valence-corrected chi connectivity index (χ2v) is 8.84. The van der Waals surface area contributed by atoms with Crippen LogP contribution in [0.4, 0.5) is 4.39 Å². The predicted octanol–water partition coefficient (Wildman–Crippen LogP) is 2.84. The number of aromatic nitrogens is 2. The quantitative estimate of drug-likeness (QED) is 0.716. The highest BCUT2D eigenvalue weighted by Gasteiger charge is 2.28. The number of carbonyl (C=O) groups is 2. The van der Waals surface area contributed by atoms with Crippen LogP contribution in [0.25, 0.3) is 0 Å². The van der Waals surface area contributed by atoms with Gasteiger partial charge >= 0.3 is 0 Å². The Bertz CT molecular complexity index is 929. The molecule has 2 aliphatic rings. The third kappa shape index (κ3) is 5.73. The number of hydrogen-bond acceptors (Lipinski definition) is 4. The minimum absolute atomic E-state index is 0.0877. The molecule has 1 aromatic heterocycles. The summed E-state index contributed by atoms with van der Waals surface area (Å²) in [4.78, 5) is 27.2. The Hall–Kier alpha value is -2.74. The van der Waals surface area contributed by atoms with Crippen LogP contribution in [0, 0.1) is 11.7 Å². The second-order valence-electron chi connectivity index (χ2n) is 8.84. The number of carbonyl (C=O) groups excluding carboxylic acids is 2. The molecule has 3 heterocycles. The van der Waals surface area contributed by atoms with E-state index in [2.05, 4.69) is 10.4 Å². The van der Waals surface area contributed by atoms with Crippen molar-refractivity contribution in [2.45, 2.75) is 51.2 Å². The van der Waals surface area contributed by atoms with Crippen molar-refractivity contribution in [1.29, 1.82) is 0 Å². The van der Waals surface area contributed by atoms with Gasteiger partial charge < -0.3 is 15.0 Å². The number of amides is 2. The van der Waals surface area contributed by atoms with Crippen molar-refractivity contribution in [3.05, 3.63) is 53.1 Å². The third-order valence-corrected chi connectivity index (χ3v) is 6.39. The standard InChI is InChI=1S/C24H31FN4O3/c1-28-16-21(24(31)26-15-18-4-6-19(25)7-5-18)22(27-28)13-17-8-10-29(11-9-17)23(30)14-20-3-2-12-32-20/h4-7,16-17,20H,2-3,8-15H2,1H3,(H,26,31)/t20-/m0/s1. The molecule has 2 aromatic rings. The monoisotopic (exact) mass is 442 g/mol. The largest absolute Gasteiger partial charge is 0.378 e. The first-order valence-electron chi connectivity index (χ1n) is 11.4. The number of benzene rings is 1. The summed E-state index contributed by atoms with van der Waals surface area (Å²) in [6.45, 7) is 2.59. The molecule has 2 amide bonds. The Labute approximate surface area is 187 Å². The van der Waals surface area contributed by atoms with Crippen molar-refractivity contribution >= 4 is 11.8 Å². The number of aryl methyl sites for hydroxylation is 1. The lowest BCUT2D eigenvalue weighted by Crippen LogP contribution is -2.40. The van der Waals surface area contributed by atoms with E-state index in [1.54, 1.807) is 23.0 Å². The Morgan fingerprint density at radius 1 is 1.19 bits per heavy atom. The van der Waals surface area contributed by atoms with Gasteiger partial charge in [0.1, 0.15) is 5.82 Å². The zero-order valence-electron chi connectivity index (χ0n) is 18.6. The summed E-state index contributed by atoms with van der Waals surface area (Å²) >= 11 is 0. The molecule has 0 unspecified atom stereocenters. The van der Waals surface area contributed by atoms with Crippen molar-refractivity contribution in [1.82, 2.24) is 20.0 Å². The predicted molar refractivity (Wildman–Crippen MR) is 117 cm³/mol. The van der Waals surface area contributed by atoms with E-state index in [0.29, 0.717) is 30.9 Å². The summed E-state index contributed by atoms with van der Waals surface area (Å²) in [6, 6.07) is 6.09. The van der Waals surface area contributed by atoms with E-state index in [4.69, 9.17) is 4.74 Å². The SMILES string of the molecule is Cn1cc(C(=O)NCc2ccc(F)cc2)c(CC2CCN(C(=O)C[C@@H]3CCCO3)CC2)n1. The van der Waals surface area contributed by atoms with Crippen LogP contribution in [0.3, 0.4) is 0 Å². The Morgan fingerprint density at radius 2 is 1.94 bits per heavy atom. The van der Waals surface area contributed by atoms with E-state index >= 15 is 0 Å². The Kier molecular flexibility index (Phi) is 7.19. The van der Waals surface area contributed by atoms with Gasteiger partial charge in [-0.3, -0.25) is 14.3 Å². The smallest absolute Gasteiger partial charge is 0.255 e. The molecule has 4 rings (SSSR count). The van der Waals surface area contributed by atoms with Gasteiger partial charge in [0.25, 0.3) is 5.91 Å². The molecule has 172 valence electrons. The molecule has 32 heavy (non-hydrogen) atoms. The molecule has 8 heteroatoms. The van der Waals surface area contributed by atoms with Gasteiger partial charge in [-0.1, -0.05) is 12.1 Å². The zero-order valence-corrected chi connectivity index (χ0v) is 18.6. The van der Waals surface area contributed by atoms with Gasteiger partial charge in [-0.25, -0.2) is 4.39 Å². The van der Waals surface area contributed by atoms with Gasteiger partial charge in [-0.2, -0.15) is 5.10 Å². The first-order chi connectivity index (χ1) is 15.5. The van der Waals surface area contributed by atoms with Crippen LogP contribution in [0.1, 0.15) is 53.7 Å². The Balaban J connectivity index is 1.28. The third-order valence-electron chi connectivity index (χ3n) is 6.39. The lowest BCUT2D eigenvalue weighted by Gasteiger charge is -2.32. The summed E-state index contributed by atoms with van der Waals surface area (Å²) < 4.78 is 20.3. The number of nitrogens with zero attached hydrogens (tertiary/aromatic N) is 3. The average molecular weight is 443 g/mol. The van der Waals surface area contributed by atoms with Gasteiger partial charge in [-0.05, 0) is 55.7 Å². The number of rotatable bonds is 7. The molecule has 1 N–H and O–H groups in total. The van der Waals surface area contributed by atoms with Crippen LogP contribution in [0.2, 0.25) is 0 Å². The Morgan fingerprint density at radius 3 is 2.62 bits per heavy atom. The molecule has 1 atom stereocenters. The zero-order chi connectivity index (χ0) is 22.5. The van der Waals surface area contributed by atoms with Gasteiger partial charge in [0.05, 0.1) is 23.8 Å². The normalized spacial score (nSPS) is 19.3. The lowest BCUT2D eigenvalue weighted by atomic mass is 9.91. The average Bonchev–Trinajstić information content (AvgIpc) is 3.43. The number of halogens is 1. The molecular weight excluding hydrogens is 411 g/mol. The summed E-state index contributed by atoms with van der Waals surface area (Å²) in [7, 11) is 1.81. The molecule has 0 bridgehead atoms. The second kappa shape index (κ2) is 10.3. The van der Waals surface area contributed by atoms with E-state index in [0.717, 1.165) is 56.6 Å². The van der Waals surface area contributed by atoms with E-state index in [9.17, 15) is 14.0 Å². The molecule has 0 spiro atoms. The summed E-state index contributed by atoms with van der Waals surface area (Å²) in [5.41, 5.74) is 2.20. The van der Waals surface area contributed by atoms with Crippen molar-refractivity contribution in [2.24, 2.45) is 13.0 Å². The van der Waals surface area contributed by atoms with Crippen LogP contribution in [-0.4, -0.2) is 52.3 Å². The molecular formula is C24H31FN4O3. The van der Waals surface area contributed by atoms with Crippen LogP contribution < -0.4 is 5.32 Å². The molecule has 0 aliphatic carbocycles. The highest BCUT2D eigenvalue weighted by molar-refractivity contribution is 5.95. The minimum Gasteiger partial charge on any atom is -0.378 e. The molecule has 2 saturated heterocycles. The molecule has 0 saturated carbocycles. The highest BCUT2D eigenvalue weighted by Crippen LogP contribution is 2.24. The van der Waals surface area contributed by atoms with Crippen LogP contribution in [0.15, 0.2) is 30.5 Å². The fourth-order valence-electron chi connectivity index (χ4n) is 4.54. The summed E-state index contributed by atoms with van der Waals surface area (Å²) in [6.07, 6.45) is 6.88. The van der Waals surface area contributed by atoms with E-state index in [-0.39, 0.29) is 23.7 Å². The summed E-state index contributed by atoms with van der Waals surface area (Å²) in [5.74, 6) is 0.102. The van der Waals surface area contributed by atoms with Gasteiger partial charge in [-0.15, -0.1) is 0 Å². The maximum absolute atomic E-state index is 13.1. The number of likely N-dealkylation sites (tertiary alicyclic amines) is 1. The molecule has 0 radical (unpaired) electrons. The van der Waals surface area contributed by atoms with Crippen LogP contribution >= 0.6 is 0 Å². The first kappa shape index (κ1) is 22.5. The van der Waals surface area contributed by atoms with Crippen LogP contribution in [0.5, 0.6) is 0 Å². The number of hydrogen-bond donors (Lipinski definition) is 1. The maximum atomic E-state index is 13.1. The topological polar surface area (TPSA) is 76.5 Å². The van der Waals surface area contributed by atoms with Crippen molar-refractivity contribution in [2.75, 3.05) is 19.7 Å². The number of nitrogens with one attached hydrogen (secondary N) is 1.